The summed E-state index contributed by atoms with van der Waals surface area (Å²) in [5.74, 6) is 0.651. The van der Waals surface area contributed by atoms with Gasteiger partial charge in [0.25, 0.3) is 0 Å². The van der Waals surface area contributed by atoms with E-state index in [0.717, 1.165) is 54.1 Å². The predicted molar refractivity (Wildman–Crippen MR) is 107 cm³/mol. The molecule has 1 N–H and O–H groups in total. The Morgan fingerprint density at radius 1 is 0.889 bits per heavy atom. The monoisotopic (exact) mass is 362 g/mol. The number of aromatic nitrogens is 1. The number of halogens is 1. The summed E-state index contributed by atoms with van der Waals surface area (Å²) in [6, 6.07) is 19.1. The van der Waals surface area contributed by atoms with Crippen molar-refractivity contribution < 1.29 is 9.50 Å². The van der Waals surface area contributed by atoms with Crippen LogP contribution >= 0.6 is 0 Å². The normalized spacial score (nSPS) is 15.1. The first-order chi connectivity index (χ1) is 13.1. The van der Waals surface area contributed by atoms with Gasteiger partial charge in [-0.15, -0.1) is 0 Å². The summed E-state index contributed by atoms with van der Waals surface area (Å²) in [7, 11) is 0. The van der Waals surface area contributed by atoms with Gasteiger partial charge in [-0.2, -0.15) is 0 Å². The van der Waals surface area contributed by atoms with Crippen molar-refractivity contribution in [1.82, 2.24) is 4.98 Å². The van der Waals surface area contributed by atoms with Crippen LogP contribution < -0.4 is 4.90 Å². The van der Waals surface area contributed by atoms with Crippen LogP contribution in [0.4, 0.5) is 10.2 Å². The number of hydrogen-bond donors (Lipinski definition) is 1. The third-order valence-corrected chi connectivity index (χ3v) is 5.13. The Bertz CT molecular complexity index is 850. The number of nitrogens with zero attached hydrogens (tertiary/aromatic N) is 2. The Labute approximate surface area is 159 Å². The van der Waals surface area contributed by atoms with Crippen molar-refractivity contribution in [3.63, 3.8) is 0 Å². The second-order valence-electron chi connectivity index (χ2n) is 7.19. The maximum absolute atomic E-state index is 13.3. The lowest BCUT2D eigenvalue weighted by atomic mass is 10.0. The van der Waals surface area contributed by atoms with Gasteiger partial charge in [0.2, 0.25) is 0 Å². The number of hydrogen-bond acceptors (Lipinski definition) is 3. The molecule has 0 aliphatic carbocycles. The molecule has 3 aromatic rings. The van der Waals surface area contributed by atoms with Crippen LogP contribution in [-0.2, 0) is 0 Å². The highest BCUT2D eigenvalue weighted by atomic mass is 19.1. The van der Waals surface area contributed by atoms with E-state index in [2.05, 4.69) is 48.2 Å². The van der Waals surface area contributed by atoms with Gasteiger partial charge in [0.15, 0.2) is 0 Å². The summed E-state index contributed by atoms with van der Waals surface area (Å²) in [6.45, 7) is 3.65. The van der Waals surface area contributed by atoms with E-state index in [0.29, 0.717) is 0 Å². The van der Waals surface area contributed by atoms with Gasteiger partial charge < -0.3 is 10.0 Å². The number of anilines is 1. The number of aryl methyl sites for hydroxylation is 1. The molecule has 1 saturated heterocycles. The van der Waals surface area contributed by atoms with E-state index in [4.69, 9.17) is 4.98 Å². The van der Waals surface area contributed by atoms with E-state index >= 15 is 0 Å². The minimum absolute atomic E-state index is 0.224. The molecule has 2 aromatic carbocycles. The molecule has 138 valence electrons. The second-order valence-corrected chi connectivity index (χ2v) is 7.19. The Hall–Kier alpha value is -2.72. The Kier molecular flexibility index (Phi) is 4.90. The number of rotatable bonds is 3. The summed E-state index contributed by atoms with van der Waals surface area (Å²) in [4.78, 5) is 7.07. The van der Waals surface area contributed by atoms with Crippen molar-refractivity contribution >= 4 is 5.82 Å². The smallest absolute Gasteiger partial charge is 0.129 e. The maximum Gasteiger partial charge on any atom is 0.129 e. The molecule has 4 rings (SSSR count). The third kappa shape index (κ3) is 4.01. The fourth-order valence-electron chi connectivity index (χ4n) is 3.45. The first-order valence-electron chi connectivity index (χ1n) is 9.36. The summed E-state index contributed by atoms with van der Waals surface area (Å²) in [6.07, 6.45) is 1.28. The topological polar surface area (TPSA) is 36.4 Å². The number of benzene rings is 2. The van der Waals surface area contributed by atoms with Crippen molar-refractivity contribution in [1.29, 1.82) is 0 Å². The van der Waals surface area contributed by atoms with Crippen LogP contribution in [0.15, 0.2) is 60.7 Å². The first-order valence-corrected chi connectivity index (χ1v) is 9.36. The summed E-state index contributed by atoms with van der Waals surface area (Å²) < 4.78 is 13.3. The summed E-state index contributed by atoms with van der Waals surface area (Å²) in [5, 5.41) is 9.81. The average molecular weight is 362 g/mol. The van der Waals surface area contributed by atoms with Crippen molar-refractivity contribution in [3.05, 3.63) is 72.0 Å². The molecule has 0 bridgehead atoms. The van der Waals surface area contributed by atoms with Crippen LogP contribution in [0, 0.1) is 12.7 Å². The molecule has 0 saturated carbocycles. The molecule has 3 nitrogen and oxygen atoms in total. The third-order valence-electron chi connectivity index (χ3n) is 5.13. The lowest BCUT2D eigenvalue weighted by Gasteiger charge is -2.31. The van der Waals surface area contributed by atoms with E-state index in [1.165, 1.54) is 17.7 Å². The molecule has 0 spiro atoms. The molecule has 27 heavy (non-hydrogen) atoms. The zero-order chi connectivity index (χ0) is 18.8. The fourth-order valence-corrected chi connectivity index (χ4v) is 3.45. The largest absolute Gasteiger partial charge is 0.393 e. The van der Waals surface area contributed by atoms with Crippen LogP contribution in [0.3, 0.4) is 0 Å². The van der Waals surface area contributed by atoms with E-state index in [-0.39, 0.29) is 11.9 Å². The SMILES string of the molecule is Cc1ccc(-c2cc(-c3ccc(F)cc3)nc(N3CCC(O)CC3)c2)cc1. The van der Waals surface area contributed by atoms with Gasteiger partial charge >= 0.3 is 0 Å². The molecule has 1 aliphatic rings. The predicted octanol–water partition coefficient (Wildman–Crippen LogP) is 4.82. The molecule has 0 unspecified atom stereocenters. The van der Waals surface area contributed by atoms with Gasteiger partial charge in [0.1, 0.15) is 11.6 Å². The lowest BCUT2D eigenvalue weighted by Crippen LogP contribution is -2.36. The molecule has 1 aliphatic heterocycles. The maximum atomic E-state index is 13.3. The van der Waals surface area contributed by atoms with Gasteiger partial charge in [0, 0.05) is 18.7 Å². The highest BCUT2D eigenvalue weighted by Crippen LogP contribution is 2.30. The van der Waals surface area contributed by atoms with Gasteiger partial charge in [-0.05, 0) is 67.3 Å². The molecule has 0 radical (unpaired) electrons. The number of aliphatic hydroxyl groups excluding tert-OH is 1. The molecular weight excluding hydrogens is 339 g/mol. The highest BCUT2D eigenvalue weighted by molar-refractivity contribution is 5.74. The van der Waals surface area contributed by atoms with E-state index in [1.54, 1.807) is 12.1 Å². The second kappa shape index (κ2) is 7.49. The molecule has 1 aromatic heterocycles. The van der Waals surface area contributed by atoms with Crippen LogP contribution in [0.5, 0.6) is 0 Å². The zero-order valence-electron chi connectivity index (χ0n) is 15.4. The Morgan fingerprint density at radius 2 is 1.52 bits per heavy atom. The van der Waals surface area contributed by atoms with Crippen LogP contribution in [0.1, 0.15) is 18.4 Å². The minimum Gasteiger partial charge on any atom is -0.393 e. The van der Waals surface area contributed by atoms with Crippen LogP contribution in [0.2, 0.25) is 0 Å². The summed E-state index contributed by atoms with van der Waals surface area (Å²) in [5.41, 5.74) is 5.16. The summed E-state index contributed by atoms with van der Waals surface area (Å²) >= 11 is 0. The molecule has 4 heteroatoms. The zero-order valence-corrected chi connectivity index (χ0v) is 15.4. The molecule has 1 fully saturated rings. The van der Waals surface area contributed by atoms with Crippen molar-refractivity contribution in [3.8, 4) is 22.4 Å². The average Bonchev–Trinajstić information content (AvgIpc) is 2.69. The Balaban J connectivity index is 1.78. The number of piperidine rings is 1. The van der Waals surface area contributed by atoms with Gasteiger partial charge in [-0.25, -0.2) is 9.37 Å². The molecule has 0 amide bonds. The quantitative estimate of drug-likeness (QED) is 0.725. The van der Waals surface area contributed by atoms with Gasteiger partial charge in [0.05, 0.1) is 11.8 Å². The first kappa shape index (κ1) is 17.7. The van der Waals surface area contributed by atoms with Crippen LogP contribution in [-0.4, -0.2) is 29.3 Å². The molecule has 0 atom stereocenters. The molecule has 2 heterocycles. The lowest BCUT2D eigenvalue weighted by molar-refractivity contribution is 0.145. The van der Waals surface area contributed by atoms with E-state index in [1.807, 2.05) is 0 Å². The van der Waals surface area contributed by atoms with Gasteiger partial charge in [-0.1, -0.05) is 29.8 Å². The standard InChI is InChI=1S/C23H23FN2O/c1-16-2-4-17(5-3-16)19-14-22(18-6-8-20(24)9-7-18)25-23(15-19)26-12-10-21(27)11-13-26/h2-9,14-15,21,27H,10-13H2,1H3. The van der Waals surface area contributed by atoms with Gasteiger partial charge in [-0.3, -0.25) is 0 Å². The number of aliphatic hydroxyl groups is 1. The fraction of sp³-hybridized carbons (Fsp3) is 0.261. The highest BCUT2D eigenvalue weighted by Gasteiger charge is 2.19. The van der Waals surface area contributed by atoms with E-state index in [9.17, 15) is 9.50 Å². The Morgan fingerprint density at radius 3 is 2.19 bits per heavy atom. The van der Waals surface area contributed by atoms with Crippen molar-refractivity contribution in [2.45, 2.75) is 25.9 Å². The van der Waals surface area contributed by atoms with E-state index < -0.39 is 0 Å². The van der Waals surface area contributed by atoms with Crippen LogP contribution in [0.25, 0.3) is 22.4 Å². The molecular formula is C23H23FN2O. The van der Waals surface area contributed by atoms with Crippen molar-refractivity contribution in [2.24, 2.45) is 0 Å². The minimum atomic E-state index is -0.251. The van der Waals surface area contributed by atoms with Crippen molar-refractivity contribution in [2.75, 3.05) is 18.0 Å². The number of pyridine rings is 1.